The van der Waals surface area contributed by atoms with Gasteiger partial charge in [-0.2, -0.15) is 0 Å². The molecule has 0 aliphatic carbocycles. The maximum absolute atomic E-state index is 13.2. The molecule has 4 unspecified atom stereocenters. The highest BCUT2D eigenvalue weighted by Crippen LogP contribution is 2.20. The molecule has 1 heterocycles. The van der Waals surface area contributed by atoms with Gasteiger partial charge < -0.3 is 37.2 Å². The van der Waals surface area contributed by atoms with Crippen LogP contribution in [-0.4, -0.2) is 82.7 Å². The van der Waals surface area contributed by atoms with E-state index < -0.39 is 54.5 Å². The summed E-state index contributed by atoms with van der Waals surface area (Å²) in [5.41, 5.74) is 11.9. The number of aliphatic carboxylic acids is 1. The minimum atomic E-state index is -1.20. The Hall–Kier alpha value is -3.02. The predicted octanol–water partition coefficient (Wildman–Crippen LogP) is -1.28. The van der Waals surface area contributed by atoms with Crippen LogP contribution in [0.3, 0.4) is 0 Å². The first-order valence-electron chi connectivity index (χ1n) is 11.5. The van der Waals surface area contributed by atoms with Gasteiger partial charge in [0.25, 0.3) is 0 Å². The van der Waals surface area contributed by atoms with E-state index in [0.29, 0.717) is 38.8 Å². The number of nitrogens with two attached hydrogens (primary N) is 2. The van der Waals surface area contributed by atoms with Gasteiger partial charge >= 0.3 is 5.97 Å². The fourth-order valence-electron chi connectivity index (χ4n) is 3.93. The molecule has 1 fully saturated rings. The van der Waals surface area contributed by atoms with Crippen molar-refractivity contribution in [2.45, 2.75) is 62.7 Å². The SMILES string of the molecule is NCCCCC(NC(=O)C(Cc1ccccc1)NC(=O)C(N)CO)C(=O)N1CCCC1C(=O)O. The Labute approximate surface area is 198 Å². The number of likely N-dealkylation sites (tertiary alicyclic amines) is 1. The molecule has 1 aliphatic rings. The smallest absolute Gasteiger partial charge is 0.326 e. The summed E-state index contributed by atoms with van der Waals surface area (Å²) in [7, 11) is 0. The van der Waals surface area contributed by atoms with Crippen LogP contribution >= 0.6 is 0 Å². The third-order valence-electron chi connectivity index (χ3n) is 5.83. The average molecular weight is 478 g/mol. The first kappa shape index (κ1) is 27.2. The molecule has 0 spiro atoms. The predicted molar refractivity (Wildman–Crippen MR) is 124 cm³/mol. The van der Waals surface area contributed by atoms with Crippen molar-refractivity contribution in [3.8, 4) is 0 Å². The molecule has 4 atom stereocenters. The topological polar surface area (TPSA) is 188 Å². The molecule has 0 saturated carbocycles. The summed E-state index contributed by atoms with van der Waals surface area (Å²) in [4.78, 5) is 51.6. The number of benzene rings is 1. The molecule has 0 bridgehead atoms. The molecule has 0 aromatic heterocycles. The van der Waals surface area contributed by atoms with Gasteiger partial charge in [-0.1, -0.05) is 30.3 Å². The number of carboxylic acids is 1. The molecular weight excluding hydrogens is 442 g/mol. The monoisotopic (exact) mass is 477 g/mol. The van der Waals surface area contributed by atoms with E-state index in [-0.39, 0.29) is 12.8 Å². The van der Waals surface area contributed by atoms with Crippen LogP contribution in [0.2, 0.25) is 0 Å². The normalized spacial score (nSPS) is 18.1. The van der Waals surface area contributed by atoms with Crippen molar-refractivity contribution in [1.29, 1.82) is 0 Å². The lowest BCUT2D eigenvalue weighted by Crippen LogP contribution is -2.58. The van der Waals surface area contributed by atoms with Crippen molar-refractivity contribution in [2.75, 3.05) is 19.7 Å². The van der Waals surface area contributed by atoms with Crippen molar-refractivity contribution in [3.63, 3.8) is 0 Å². The van der Waals surface area contributed by atoms with Crippen molar-refractivity contribution in [2.24, 2.45) is 11.5 Å². The van der Waals surface area contributed by atoms with Gasteiger partial charge in [0.1, 0.15) is 24.2 Å². The van der Waals surface area contributed by atoms with E-state index in [9.17, 15) is 29.4 Å². The summed E-state index contributed by atoms with van der Waals surface area (Å²) in [6.45, 7) is 0.133. The number of rotatable bonds is 13. The number of aliphatic hydroxyl groups is 1. The van der Waals surface area contributed by atoms with Gasteiger partial charge in [0, 0.05) is 13.0 Å². The van der Waals surface area contributed by atoms with Gasteiger partial charge in [-0.3, -0.25) is 14.4 Å². The molecule has 1 saturated heterocycles. The third kappa shape index (κ3) is 7.79. The number of hydrogen-bond donors (Lipinski definition) is 6. The fraction of sp³-hybridized carbons (Fsp3) is 0.565. The van der Waals surface area contributed by atoms with Crippen LogP contribution < -0.4 is 22.1 Å². The standard InChI is InChI=1S/C23H35N5O6/c24-11-5-4-9-17(22(32)28-12-6-10-19(28)23(33)34)26-21(31)18(27-20(30)16(25)14-29)13-15-7-2-1-3-8-15/h1-3,7-8,16-19,29H,4-6,9-14,24-25H2,(H,26,31)(H,27,30)(H,33,34). The molecule has 3 amide bonds. The number of nitrogens with zero attached hydrogens (tertiary/aromatic N) is 1. The van der Waals surface area contributed by atoms with E-state index in [1.54, 1.807) is 24.3 Å². The van der Waals surface area contributed by atoms with E-state index in [1.165, 1.54) is 4.90 Å². The Morgan fingerprint density at radius 2 is 1.74 bits per heavy atom. The van der Waals surface area contributed by atoms with E-state index in [1.807, 2.05) is 6.07 Å². The summed E-state index contributed by atoms with van der Waals surface area (Å²) < 4.78 is 0. The first-order chi connectivity index (χ1) is 16.3. The summed E-state index contributed by atoms with van der Waals surface area (Å²) >= 11 is 0. The second-order valence-electron chi connectivity index (χ2n) is 8.41. The Morgan fingerprint density at radius 1 is 1.06 bits per heavy atom. The van der Waals surface area contributed by atoms with Gasteiger partial charge in [-0.15, -0.1) is 0 Å². The Bertz CT molecular complexity index is 836. The number of amides is 3. The minimum absolute atomic E-state index is 0.141. The largest absolute Gasteiger partial charge is 0.480 e. The van der Waals surface area contributed by atoms with Crippen molar-refractivity contribution >= 4 is 23.7 Å². The van der Waals surface area contributed by atoms with Crippen molar-refractivity contribution in [1.82, 2.24) is 15.5 Å². The molecule has 2 rings (SSSR count). The van der Waals surface area contributed by atoms with Crippen LogP contribution in [0.4, 0.5) is 0 Å². The molecular formula is C23H35N5O6. The highest BCUT2D eigenvalue weighted by atomic mass is 16.4. The molecule has 0 radical (unpaired) electrons. The molecule has 188 valence electrons. The molecule has 11 nitrogen and oxygen atoms in total. The van der Waals surface area contributed by atoms with Gasteiger partial charge in [0.05, 0.1) is 6.61 Å². The van der Waals surface area contributed by atoms with Gasteiger partial charge in [-0.05, 0) is 44.2 Å². The molecule has 34 heavy (non-hydrogen) atoms. The molecule has 1 aromatic rings. The quantitative estimate of drug-likeness (QED) is 0.189. The van der Waals surface area contributed by atoms with Gasteiger partial charge in [-0.25, -0.2) is 4.79 Å². The minimum Gasteiger partial charge on any atom is -0.480 e. The highest BCUT2D eigenvalue weighted by molar-refractivity contribution is 5.94. The number of hydrogen-bond acceptors (Lipinski definition) is 7. The van der Waals surface area contributed by atoms with E-state index in [0.717, 1.165) is 5.56 Å². The second kappa shape index (κ2) is 13.6. The summed E-state index contributed by atoms with van der Waals surface area (Å²) in [5.74, 6) is -2.84. The number of carbonyl (C=O) groups excluding carboxylic acids is 3. The summed E-state index contributed by atoms with van der Waals surface area (Å²) in [6, 6.07) is 4.87. The zero-order valence-corrected chi connectivity index (χ0v) is 19.2. The zero-order valence-electron chi connectivity index (χ0n) is 19.2. The van der Waals surface area contributed by atoms with E-state index in [4.69, 9.17) is 11.5 Å². The number of carboxylic acid groups (broad SMARTS) is 1. The first-order valence-corrected chi connectivity index (χ1v) is 11.5. The number of unbranched alkanes of at least 4 members (excludes halogenated alkanes) is 1. The molecule has 1 aromatic carbocycles. The zero-order chi connectivity index (χ0) is 25.1. The highest BCUT2D eigenvalue weighted by Gasteiger charge is 2.38. The van der Waals surface area contributed by atoms with E-state index in [2.05, 4.69) is 10.6 Å². The van der Waals surface area contributed by atoms with Crippen LogP contribution in [0.15, 0.2) is 30.3 Å². The maximum Gasteiger partial charge on any atom is 0.326 e. The molecule has 11 heteroatoms. The Kier molecular flexibility index (Phi) is 10.9. The van der Waals surface area contributed by atoms with Crippen LogP contribution in [0.25, 0.3) is 0 Å². The lowest BCUT2D eigenvalue weighted by Gasteiger charge is -2.29. The molecule has 1 aliphatic heterocycles. The number of aliphatic hydroxyl groups excluding tert-OH is 1. The molecule has 8 N–H and O–H groups in total. The Balaban J connectivity index is 2.21. The average Bonchev–Trinajstić information content (AvgIpc) is 3.33. The summed E-state index contributed by atoms with van der Waals surface area (Å²) in [6.07, 6.45) is 2.55. The van der Waals surface area contributed by atoms with Crippen LogP contribution in [-0.2, 0) is 25.6 Å². The fourth-order valence-corrected chi connectivity index (χ4v) is 3.93. The van der Waals surface area contributed by atoms with Crippen molar-refractivity contribution in [3.05, 3.63) is 35.9 Å². The lowest BCUT2D eigenvalue weighted by molar-refractivity contribution is -0.149. The van der Waals surface area contributed by atoms with Gasteiger partial charge in [0.2, 0.25) is 17.7 Å². The van der Waals surface area contributed by atoms with Crippen LogP contribution in [0, 0.1) is 0 Å². The number of carbonyl (C=O) groups is 4. The maximum atomic E-state index is 13.2. The third-order valence-corrected chi connectivity index (χ3v) is 5.83. The summed E-state index contributed by atoms with van der Waals surface area (Å²) in [5, 5.41) is 23.9. The lowest BCUT2D eigenvalue weighted by atomic mass is 10.0. The van der Waals surface area contributed by atoms with Crippen molar-refractivity contribution < 1.29 is 29.4 Å². The van der Waals surface area contributed by atoms with Crippen LogP contribution in [0.5, 0.6) is 0 Å². The van der Waals surface area contributed by atoms with E-state index >= 15 is 0 Å². The Morgan fingerprint density at radius 3 is 2.35 bits per heavy atom. The number of nitrogens with one attached hydrogen (secondary N) is 2. The second-order valence-corrected chi connectivity index (χ2v) is 8.41. The van der Waals surface area contributed by atoms with Gasteiger partial charge in [0.15, 0.2) is 0 Å². The van der Waals surface area contributed by atoms with Crippen LogP contribution in [0.1, 0.15) is 37.7 Å².